The Morgan fingerprint density at radius 3 is 2.68 bits per heavy atom. The minimum Gasteiger partial charge on any atom is -0.341 e. The molecule has 1 amide bonds. The third kappa shape index (κ3) is 4.59. The van der Waals surface area contributed by atoms with Gasteiger partial charge in [0, 0.05) is 18.1 Å². The molecule has 6 nitrogen and oxygen atoms in total. The second-order valence-corrected chi connectivity index (χ2v) is 9.43. The quantitative estimate of drug-likeness (QED) is 0.370. The molecule has 2 heterocycles. The van der Waals surface area contributed by atoms with E-state index in [9.17, 15) is 4.79 Å². The summed E-state index contributed by atoms with van der Waals surface area (Å²) in [7, 11) is 0. The predicted octanol–water partition coefficient (Wildman–Crippen LogP) is 5.07. The van der Waals surface area contributed by atoms with Crippen molar-refractivity contribution in [3.05, 3.63) is 83.2 Å². The first-order chi connectivity index (χ1) is 16.6. The van der Waals surface area contributed by atoms with Gasteiger partial charge in [0.05, 0.1) is 11.1 Å². The van der Waals surface area contributed by atoms with Crippen molar-refractivity contribution in [1.29, 1.82) is 0 Å². The fourth-order valence-corrected chi connectivity index (χ4v) is 4.88. The molecule has 2 N–H and O–H groups in total. The van der Waals surface area contributed by atoms with Crippen molar-refractivity contribution in [2.45, 2.75) is 38.1 Å². The van der Waals surface area contributed by atoms with Crippen LogP contribution in [0.3, 0.4) is 0 Å². The van der Waals surface area contributed by atoms with Gasteiger partial charge in [-0.15, -0.1) is 0 Å². The summed E-state index contributed by atoms with van der Waals surface area (Å²) >= 11 is 0. The van der Waals surface area contributed by atoms with Gasteiger partial charge in [0.15, 0.2) is 5.69 Å². The van der Waals surface area contributed by atoms with Gasteiger partial charge in [-0.3, -0.25) is 19.8 Å². The molecule has 5 rings (SSSR count). The van der Waals surface area contributed by atoms with Crippen LogP contribution < -0.4 is 5.32 Å². The zero-order chi connectivity index (χ0) is 23.5. The summed E-state index contributed by atoms with van der Waals surface area (Å²) in [5.74, 6) is -0.142. The summed E-state index contributed by atoms with van der Waals surface area (Å²) in [6.45, 7) is 8.87. The number of fused-ring (bicyclic) bond motifs is 1. The number of benzene rings is 2. The number of aromatic nitrogens is 2. The molecule has 3 aromatic rings. The minimum atomic E-state index is -0.274. The first kappa shape index (κ1) is 22.3. The van der Waals surface area contributed by atoms with Crippen LogP contribution in [0, 0.1) is 0 Å². The highest BCUT2D eigenvalue weighted by molar-refractivity contribution is 6.05. The third-order valence-electron chi connectivity index (χ3n) is 6.93. The van der Waals surface area contributed by atoms with E-state index in [1.54, 1.807) is 0 Å². The number of hydrogen-bond donors (Lipinski definition) is 2. The number of aliphatic imine (C=N–C) groups is 1. The van der Waals surface area contributed by atoms with Gasteiger partial charge in [0.25, 0.3) is 5.91 Å². The fraction of sp³-hybridized carbons (Fsp3) is 0.321. The van der Waals surface area contributed by atoms with Crippen LogP contribution >= 0.6 is 0 Å². The van der Waals surface area contributed by atoms with Crippen molar-refractivity contribution in [3.8, 4) is 0 Å². The van der Waals surface area contributed by atoms with Crippen molar-refractivity contribution < 1.29 is 4.79 Å². The molecule has 0 radical (unpaired) electrons. The lowest BCUT2D eigenvalue weighted by atomic mass is 10.0. The Hall–Kier alpha value is -3.51. The van der Waals surface area contributed by atoms with Crippen molar-refractivity contribution in [3.63, 3.8) is 0 Å². The van der Waals surface area contributed by atoms with E-state index in [1.165, 1.54) is 12.8 Å². The van der Waals surface area contributed by atoms with E-state index in [0.717, 1.165) is 65.7 Å². The normalized spacial score (nSPS) is 18.3. The summed E-state index contributed by atoms with van der Waals surface area (Å²) in [4.78, 5) is 19.7. The van der Waals surface area contributed by atoms with Crippen molar-refractivity contribution >= 4 is 29.1 Å². The summed E-state index contributed by atoms with van der Waals surface area (Å²) in [5, 5.41) is 11.5. The van der Waals surface area contributed by atoms with E-state index in [4.69, 9.17) is 0 Å². The highest BCUT2D eigenvalue weighted by Crippen LogP contribution is 2.45. The van der Waals surface area contributed by atoms with E-state index in [0.29, 0.717) is 5.69 Å². The number of carbonyl (C=O) groups excluding carboxylic acids is 1. The molecule has 1 saturated heterocycles. The molecule has 0 spiro atoms. The van der Waals surface area contributed by atoms with Crippen LogP contribution in [-0.4, -0.2) is 47.4 Å². The maximum atomic E-state index is 13.2. The monoisotopic (exact) mass is 453 g/mol. The zero-order valence-electron chi connectivity index (χ0n) is 19.7. The molecule has 0 bridgehead atoms. The molecule has 34 heavy (non-hydrogen) atoms. The van der Waals surface area contributed by atoms with Crippen molar-refractivity contribution in [2.24, 2.45) is 4.99 Å². The Labute approximate surface area is 200 Å². The van der Waals surface area contributed by atoms with E-state index >= 15 is 0 Å². The lowest BCUT2D eigenvalue weighted by molar-refractivity contribution is 0.0927. The second kappa shape index (κ2) is 9.39. The van der Waals surface area contributed by atoms with E-state index in [2.05, 4.69) is 69.4 Å². The lowest BCUT2D eigenvalue weighted by Gasteiger charge is -2.17. The Morgan fingerprint density at radius 1 is 1.21 bits per heavy atom. The molecule has 2 aliphatic rings. The molecule has 6 heteroatoms. The zero-order valence-corrected chi connectivity index (χ0v) is 19.7. The molecule has 2 fully saturated rings. The summed E-state index contributed by atoms with van der Waals surface area (Å²) < 4.78 is 0. The van der Waals surface area contributed by atoms with Gasteiger partial charge in [-0.05, 0) is 86.8 Å². The van der Waals surface area contributed by atoms with Gasteiger partial charge in [-0.2, -0.15) is 5.10 Å². The van der Waals surface area contributed by atoms with Crippen LogP contribution in [0.25, 0.3) is 16.5 Å². The van der Waals surface area contributed by atoms with E-state index in [-0.39, 0.29) is 11.4 Å². The smallest absolute Gasteiger partial charge is 0.273 e. The average Bonchev–Trinajstić information content (AvgIpc) is 3.24. The predicted molar refractivity (Wildman–Crippen MR) is 138 cm³/mol. The van der Waals surface area contributed by atoms with Gasteiger partial charge in [0.1, 0.15) is 0 Å². The largest absolute Gasteiger partial charge is 0.341 e. The molecular weight excluding hydrogens is 422 g/mol. The average molecular weight is 454 g/mol. The Bertz CT molecular complexity index is 1260. The van der Waals surface area contributed by atoms with Crippen LogP contribution in [0.2, 0.25) is 0 Å². The van der Waals surface area contributed by atoms with Gasteiger partial charge in [-0.25, -0.2) is 0 Å². The standard InChI is InChI=1S/C28H31N5O/c1-20(16-21(18-29-2)19-33-14-6-7-15-33)22-10-11-25-24(17-22)26(32-31-25)27(34)30-28(12-13-28)23-8-4-3-5-9-23/h3-5,8-11,16-18H,2,6-7,12-15,19H2,1H3,(H,30,34)(H,31,32)/b20-16+,21-18+. The van der Waals surface area contributed by atoms with Crippen LogP contribution in [0.1, 0.15) is 54.2 Å². The Kier molecular flexibility index (Phi) is 6.16. The number of H-pyrrole nitrogens is 1. The second-order valence-electron chi connectivity index (χ2n) is 9.43. The van der Waals surface area contributed by atoms with Crippen LogP contribution in [0.4, 0.5) is 0 Å². The summed E-state index contributed by atoms with van der Waals surface area (Å²) in [6.07, 6.45) is 8.41. The Morgan fingerprint density at radius 2 is 1.97 bits per heavy atom. The topological polar surface area (TPSA) is 73.4 Å². The summed E-state index contributed by atoms with van der Waals surface area (Å²) in [5.41, 5.74) is 5.48. The highest BCUT2D eigenvalue weighted by Gasteiger charge is 2.46. The number of aromatic amines is 1. The maximum Gasteiger partial charge on any atom is 0.273 e. The third-order valence-corrected chi connectivity index (χ3v) is 6.93. The molecular formula is C28H31N5O. The van der Waals surface area contributed by atoms with E-state index < -0.39 is 0 Å². The molecule has 0 atom stereocenters. The highest BCUT2D eigenvalue weighted by atomic mass is 16.2. The van der Waals surface area contributed by atoms with Gasteiger partial charge < -0.3 is 5.32 Å². The van der Waals surface area contributed by atoms with Gasteiger partial charge in [0.2, 0.25) is 0 Å². The fourth-order valence-electron chi connectivity index (χ4n) is 4.88. The lowest BCUT2D eigenvalue weighted by Crippen LogP contribution is -2.35. The number of nitrogens with one attached hydrogen (secondary N) is 2. The first-order valence-corrected chi connectivity index (χ1v) is 12.0. The number of allylic oxidation sites excluding steroid dienone is 1. The van der Waals surface area contributed by atoms with Gasteiger partial charge >= 0.3 is 0 Å². The van der Waals surface area contributed by atoms with Crippen molar-refractivity contribution in [1.82, 2.24) is 20.4 Å². The molecule has 174 valence electrons. The minimum absolute atomic E-state index is 0.142. The maximum absolute atomic E-state index is 13.2. The molecule has 1 aliphatic carbocycles. The number of rotatable bonds is 8. The molecule has 1 saturated carbocycles. The van der Waals surface area contributed by atoms with Crippen LogP contribution in [0.5, 0.6) is 0 Å². The number of amides is 1. The number of nitrogens with zero attached hydrogens (tertiary/aromatic N) is 3. The Balaban J connectivity index is 1.39. The van der Waals surface area contributed by atoms with Crippen LogP contribution in [0.15, 0.2) is 71.4 Å². The summed E-state index contributed by atoms with van der Waals surface area (Å²) in [6, 6.07) is 16.3. The number of likely N-dealkylation sites (tertiary alicyclic amines) is 1. The van der Waals surface area contributed by atoms with Crippen molar-refractivity contribution in [2.75, 3.05) is 19.6 Å². The molecule has 1 aromatic heterocycles. The SMILES string of the molecule is C=N/C=C(\C=C(/C)c1ccc2[nH]nc(C(=O)NC3(c4ccccc4)CC3)c2c1)CN1CCCC1. The van der Waals surface area contributed by atoms with Crippen LogP contribution in [-0.2, 0) is 5.54 Å². The molecule has 1 aliphatic heterocycles. The molecule has 2 aromatic carbocycles. The number of hydrogen-bond acceptors (Lipinski definition) is 4. The first-order valence-electron chi connectivity index (χ1n) is 12.0. The number of carbonyl (C=O) groups is 1. The van der Waals surface area contributed by atoms with Gasteiger partial charge in [-0.1, -0.05) is 42.5 Å². The molecule has 0 unspecified atom stereocenters. The van der Waals surface area contributed by atoms with E-state index in [1.807, 2.05) is 30.5 Å².